The minimum atomic E-state index is -2.33. The lowest BCUT2D eigenvalue weighted by molar-refractivity contribution is 0.0296. The number of halogens is 2. The lowest BCUT2D eigenvalue weighted by Crippen LogP contribution is -2.48. The first-order chi connectivity index (χ1) is 9.51. The first kappa shape index (κ1) is 17.8. The van der Waals surface area contributed by atoms with E-state index >= 15 is 0 Å². The first-order valence-corrected chi connectivity index (χ1v) is 7.83. The molecule has 5 heteroatoms. The van der Waals surface area contributed by atoms with Crippen molar-refractivity contribution in [1.82, 2.24) is 10.2 Å². The molecule has 1 saturated carbocycles. The molecule has 3 nitrogen and oxygen atoms in total. The Labute approximate surface area is 121 Å². The SMILES string of the molecule is CCNCC1(CN(CCO)CC(F)F)CCCC(C)C1. The molecular formula is C15H30F2N2O. The topological polar surface area (TPSA) is 35.5 Å². The molecule has 0 aromatic rings. The van der Waals surface area contributed by atoms with Crippen molar-refractivity contribution in [2.45, 2.75) is 46.0 Å². The Morgan fingerprint density at radius 2 is 2.20 bits per heavy atom. The Morgan fingerprint density at radius 1 is 1.45 bits per heavy atom. The van der Waals surface area contributed by atoms with Crippen molar-refractivity contribution in [3.05, 3.63) is 0 Å². The summed E-state index contributed by atoms with van der Waals surface area (Å²) in [5.74, 6) is 0.657. The second-order valence-corrected chi connectivity index (χ2v) is 6.33. The number of rotatable bonds is 9. The second-order valence-electron chi connectivity index (χ2n) is 6.33. The Morgan fingerprint density at radius 3 is 2.75 bits per heavy atom. The highest BCUT2D eigenvalue weighted by molar-refractivity contribution is 4.90. The molecule has 2 atom stereocenters. The van der Waals surface area contributed by atoms with Crippen LogP contribution in [0.25, 0.3) is 0 Å². The number of nitrogens with zero attached hydrogens (tertiary/aromatic N) is 1. The van der Waals surface area contributed by atoms with Gasteiger partial charge in [0, 0.05) is 19.6 Å². The average Bonchev–Trinajstić information content (AvgIpc) is 2.36. The van der Waals surface area contributed by atoms with Crippen LogP contribution in [0, 0.1) is 11.3 Å². The molecule has 0 spiro atoms. The zero-order valence-electron chi connectivity index (χ0n) is 12.9. The fourth-order valence-electron chi connectivity index (χ4n) is 3.56. The van der Waals surface area contributed by atoms with Crippen LogP contribution >= 0.6 is 0 Å². The summed E-state index contributed by atoms with van der Waals surface area (Å²) < 4.78 is 25.4. The van der Waals surface area contributed by atoms with Crippen LogP contribution in [0.4, 0.5) is 8.78 Å². The maximum absolute atomic E-state index is 12.7. The van der Waals surface area contributed by atoms with E-state index in [1.165, 1.54) is 12.8 Å². The molecule has 20 heavy (non-hydrogen) atoms. The molecule has 2 N–H and O–H groups in total. The second kappa shape index (κ2) is 8.90. The highest BCUT2D eigenvalue weighted by Crippen LogP contribution is 2.39. The molecule has 1 fully saturated rings. The van der Waals surface area contributed by atoms with Gasteiger partial charge in [-0.3, -0.25) is 4.90 Å². The van der Waals surface area contributed by atoms with Crippen LogP contribution in [0.15, 0.2) is 0 Å². The monoisotopic (exact) mass is 292 g/mol. The predicted octanol–water partition coefficient (Wildman–Crippen LogP) is 2.35. The summed E-state index contributed by atoms with van der Waals surface area (Å²) in [6.07, 6.45) is 2.26. The van der Waals surface area contributed by atoms with Crippen molar-refractivity contribution in [2.24, 2.45) is 11.3 Å². The van der Waals surface area contributed by atoms with Crippen molar-refractivity contribution < 1.29 is 13.9 Å². The third kappa shape index (κ3) is 6.02. The van der Waals surface area contributed by atoms with Crippen molar-refractivity contribution in [2.75, 3.05) is 39.3 Å². The van der Waals surface area contributed by atoms with Gasteiger partial charge >= 0.3 is 0 Å². The molecule has 0 radical (unpaired) electrons. The van der Waals surface area contributed by atoms with Gasteiger partial charge in [0.1, 0.15) is 0 Å². The molecule has 1 rings (SSSR count). The van der Waals surface area contributed by atoms with E-state index in [0.717, 1.165) is 25.9 Å². The highest BCUT2D eigenvalue weighted by atomic mass is 19.3. The maximum atomic E-state index is 12.7. The van der Waals surface area contributed by atoms with Crippen LogP contribution in [0.3, 0.4) is 0 Å². The standard InChI is InChI=1S/C15H30F2N2O/c1-3-18-11-15(6-4-5-13(2)9-15)12-19(7-8-20)10-14(16)17/h13-14,18,20H,3-12H2,1-2H3. The predicted molar refractivity (Wildman–Crippen MR) is 78.1 cm³/mol. The molecular weight excluding hydrogens is 262 g/mol. The molecule has 0 aromatic heterocycles. The van der Waals surface area contributed by atoms with E-state index in [2.05, 4.69) is 19.2 Å². The van der Waals surface area contributed by atoms with Gasteiger partial charge in [0.2, 0.25) is 0 Å². The van der Waals surface area contributed by atoms with Crippen molar-refractivity contribution in [1.29, 1.82) is 0 Å². The van der Waals surface area contributed by atoms with Gasteiger partial charge in [-0.05, 0) is 30.7 Å². The molecule has 0 aliphatic heterocycles. The number of aliphatic hydroxyl groups excluding tert-OH is 1. The summed E-state index contributed by atoms with van der Waals surface area (Å²) in [7, 11) is 0. The van der Waals surface area contributed by atoms with Crippen LogP contribution in [-0.2, 0) is 0 Å². The van der Waals surface area contributed by atoms with Gasteiger partial charge in [0.05, 0.1) is 13.2 Å². The molecule has 0 amide bonds. The number of hydrogen-bond acceptors (Lipinski definition) is 3. The molecule has 2 unspecified atom stereocenters. The average molecular weight is 292 g/mol. The molecule has 0 saturated heterocycles. The van der Waals surface area contributed by atoms with Crippen LogP contribution < -0.4 is 5.32 Å². The summed E-state index contributed by atoms with van der Waals surface area (Å²) in [5.41, 5.74) is 0.0811. The highest BCUT2D eigenvalue weighted by Gasteiger charge is 2.36. The first-order valence-electron chi connectivity index (χ1n) is 7.83. The number of nitrogens with one attached hydrogen (secondary N) is 1. The van der Waals surface area contributed by atoms with Gasteiger partial charge in [-0.15, -0.1) is 0 Å². The maximum Gasteiger partial charge on any atom is 0.251 e. The van der Waals surface area contributed by atoms with Crippen molar-refractivity contribution >= 4 is 0 Å². The lowest BCUT2D eigenvalue weighted by Gasteiger charge is -2.43. The molecule has 1 aliphatic rings. The van der Waals surface area contributed by atoms with Crippen LogP contribution in [0.1, 0.15) is 39.5 Å². The van der Waals surface area contributed by atoms with Gasteiger partial charge in [-0.2, -0.15) is 0 Å². The smallest absolute Gasteiger partial charge is 0.251 e. The summed E-state index contributed by atoms with van der Waals surface area (Å²) in [6.45, 7) is 6.84. The summed E-state index contributed by atoms with van der Waals surface area (Å²) in [5, 5.41) is 12.5. The third-order valence-corrected chi connectivity index (χ3v) is 4.31. The Hall–Kier alpha value is -0.260. The summed E-state index contributed by atoms with van der Waals surface area (Å²) >= 11 is 0. The van der Waals surface area contributed by atoms with Crippen LogP contribution in [0.5, 0.6) is 0 Å². The molecule has 0 heterocycles. The van der Waals surface area contributed by atoms with Crippen LogP contribution in [0.2, 0.25) is 0 Å². The minimum absolute atomic E-state index is 0.0560. The van der Waals surface area contributed by atoms with E-state index in [1.807, 2.05) is 0 Å². The van der Waals surface area contributed by atoms with Gasteiger partial charge in [-0.25, -0.2) is 8.78 Å². The summed E-state index contributed by atoms with van der Waals surface area (Å²) in [6, 6.07) is 0. The zero-order valence-corrected chi connectivity index (χ0v) is 12.9. The number of alkyl halides is 2. The van der Waals surface area contributed by atoms with Gasteiger partial charge in [-0.1, -0.05) is 26.7 Å². The Balaban J connectivity index is 2.69. The van der Waals surface area contributed by atoms with E-state index in [-0.39, 0.29) is 18.6 Å². The van der Waals surface area contributed by atoms with Gasteiger partial charge < -0.3 is 10.4 Å². The van der Waals surface area contributed by atoms with E-state index in [1.54, 1.807) is 4.90 Å². The fourth-order valence-corrected chi connectivity index (χ4v) is 3.56. The normalized spacial score (nSPS) is 27.4. The Kier molecular flexibility index (Phi) is 7.92. The van der Waals surface area contributed by atoms with E-state index in [4.69, 9.17) is 5.11 Å². The lowest BCUT2D eigenvalue weighted by atomic mass is 9.69. The fraction of sp³-hybridized carbons (Fsp3) is 1.00. The van der Waals surface area contributed by atoms with Gasteiger partial charge in [0.25, 0.3) is 6.43 Å². The Bertz CT molecular complexity index is 266. The molecule has 120 valence electrons. The quantitative estimate of drug-likeness (QED) is 0.685. The van der Waals surface area contributed by atoms with Crippen LogP contribution in [-0.4, -0.2) is 55.8 Å². The number of hydrogen-bond donors (Lipinski definition) is 2. The van der Waals surface area contributed by atoms with E-state index < -0.39 is 6.43 Å². The van der Waals surface area contributed by atoms with Gasteiger partial charge in [0.15, 0.2) is 0 Å². The summed E-state index contributed by atoms with van der Waals surface area (Å²) in [4.78, 5) is 1.74. The zero-order chi connectivity index (χ0) is 15.0. The minimum Gasteiger partial charge on any atom is -0.395 e. The van der Waals surface area contributed by atoms with Crippen molar-refractivity contribution in [3.8, 4) is 0 Å². The molecule has 0 aromatic carbocycles. The largest absolute Gasteiger partial charge is 0.395 e. The third-order valence-electron chi connectivity index (χ3n) is 4.31. The molecule has 0 bridgehead atoms. The van der Waals surface area contributed by atoms with Crippen molar-refractivity contribution in [3.63, 3.8) is 0 Å². The van der Waals surface area contributed by atoms with E-state index in [9.17, 15) is 8.78 Å². The number of aliphatic hydroxyl groups is 1. The molecule has 1 aliphatic carbocycles. The van der Waals surface area contributed by atoms with E-state index in [0.29, 0.717) is 19.0 Å².